The number of hydrogen-bond acceptors (Lipinski definition) is 3. The summed E-state index contributed by atoms with van der Waals surface area (Å²) in [5, 5.41) is 14.4. The summed E-state index contributed by atoms with van der Waals surface area (Å²) in [5.41, 5.74) is 0.798. The molecular formula is C13H9Cl2FN2O2. The summed E-state index contributed by atoms with van der Waals surface area (Å²) in [4.78, 5) is 10.4. The first-order chi connectivity index (χ1) is 9.45. The lowest BCUT2D eigenvalue weighted by atomic mass is 10.1. The minimum absolute atomic E-state index is 0.0903. The minimum atomic E-state index is -0.512. The Balaban J connectivity index is 2.20. The second kappa shape index (κ2) is 6.07. The van der Waals surface area contributed by atoms with Gasteiger partial charge in [-0.15, -0.1) is 0 Å². The van der Waals surface area contributed by atoms with Crippen LogP contribution in [0.3, 0.4) is 0 Å². The van der Waals surface area contributed by atoms with E-state index in [1.807, 2.05) is 0 Å². The zero-order valence-corrected chi connectivity index (χ0v) is 11.6. The molecule has 0 unspecified atom stereocenters. The standard InChI is InChI=1S/C13H9Cl2FN2O2/c14-9-2-1-8(13(5-9)18(19)20)7-17-12-4-10(15)3-11(16)6-12/h1-6,17H,7H2. The van der Waals surface area contributed by atoms with Crippen molar-refractivity contribution in [1.82, 2.24) is 0 Å². The van der Waals surface area contributed by atoms with Crippen LogP contribution in [0.2, 0.25) is 10.0 Å². The van der Waals surface area contributed by atoms with E-state index in [-0.39, 0.29) is 22.3 Å². The molecule has 0 spiro atoms. The molecule has 2 rings (SSSR count). The maximum Gasteiger partial charge on any atom is 0.275 e. The maximum atomic E-state index is 13.2. The maximum absolute atomic E-state index is 13.2. The monoisotopic (exact) mass is 314 g/mol. The minimum Gasteiger partial charge on any atom is -0.381 e. The van der Waals surface area contributed by atoms with Crippen molar-refractivity contribution in [2.75, 3.05) is 5.32 Å². The fourth-order valence-corrected chi connectivity index (χ4v) is 2.10. The summed E-state index contributed by atoms with van der Waals surface area (Å²) < 4.78 is 13.2. The quantitative estimate of drug-likeness (QED) is 0.660. The third-order valence-corrected chi connectivity index (χ3v) is 3.04. The van der Waals surface area contributed by atoms with E-state index in [0.29, 0.717) is 11.3 Å². The highest BCUT2D eigenvalue weighted by molar-refractivity contribution is 6.31. The van der Waals surface area contributed by atoms with Gasteiger partial charge in [0, 0.05) is 33.9 Å². The van der Waals surface area contributed by atoms with Crippen molar-refractivity contribution in [3.63, 3.8) is 0 Å². The lowest BCUT2D eigenvalue weighted by molar-refractivity contribution is -0.385. The Kier molecular flexibility index (Phi) is 4.42. The average molecular weight is 315 g/mol. The highest BCUT2D eigenvalue weighted by Crippen LogP contribution is 2.25. The highest BCUT2D eigenvalue weighted by Gasteiger charge is 2.14. The molecular weight excluding hydrogens is 306 g/mol. The van der Waals surface area contributed by atoms with E-state index in [2.05, 4.69) is 5.32 Å². The van der Waals surface area contributed by atoms with Gasteiger partial charge in [0.05, 0.1) is 4.92 Å². The van der Waals surface area contributed by atoms with E-state index < -0.39 is 10.7 Å². The second-order valence-electron chi connectivity index (χ2n) is 4.04. The van der Waals surface area contributed by atoms with E-state index >= 15 is 0 Å². The molecule has 0 atom stereocenters. The van der Waals surface area contributed by atoms with Crippen LogP contribution in [-0.2, 0) is 6.54 Å². The topological polar surface area (TPSA) is 55.2 Å². The second-order valence-corrected chi connectivity index (χ2v) is 4.91. The van der Waals surface area contributed by atoms with E-state index in [4.69, 9.17) is 23.2 Å². The van der Waals surface area contributed by atoms with Gasteiger partial charge < -0.3 is 5.32 Å². The number of benzene rings is 2. The number of hydrogen-bond donors (Lipinski definition) is 1. The van der Waals surface area contributed by atoms with E-state index in [1.165, 1.54) is 24.3 Å². The van der Waals surface area contributed by atoms with Gasteiger partial charge in [-0.3, -0.25) is 10.1 Å². The Morgan fingerprint density at radius 1 is 1.15 bits per heavy atom. The van der Waals surface area contributed by atoms with Crippen LogP contribution in [0.25, 0.3) is 0 Å². The van der Waals surface area contributed by atoms with E-state index in [1.54, 1.807) is 12.1 Å². The van der Waals surface area contributed by atoms with Gasteiger partial charge in [0.25, 0.3) is 5.69 Å². The zero-order valence-electron chi connectivity index (χ0n) is 10.1. The van der Waals surface area contributed by atoms with Crippen molar-refractivity contribution in [2.45, 2.75) is 6.54 Å². The van der Waals surface area contributed by atoms with Crippen molar-refractivity contribution in [3.05, 3.63) is 67.9 Å². The first kappa shape index (κ1) is 14.6. The molecule has 20 heavy (non-hydrogen) atoms. The molecule has 0 amide bonds. The van der Waals surface area contributed by atoms with Crippen LogP contribution in [0.1, 0.15) is 5.56 Å². The molecule has 0 aliphatic heterocycles. The number of nitro groups is 1. The lowest BCUT2D eigenvalue weighted by Gasteiger charge is -2.08. The van der Waals surface area contributed by atoms with Crippen molar-refractivity contribution in [2.24, 2.45) is 0 Å². The fraction of sp³-hybridized carbons (Fsp3) is 0.0769. The summed E-state index contributed by atoms with van der Waals surface area (Å²) in [6, 6.07) is 8.35. The first-order valence-corrected chi connectivity index (χ1v) is 6.34. The molecule has 4 nitrogen and oxygen atoms in total. The summed E-state index contributed by atoms with van der Waals surface area (Å²) in [6.45, 7) is 0.160. The third kappa shape index (κ3) is 3.59. The Hall–Kier alpha value is -1.85. The molecule has 0 aliphatic carbocycles. The normalized spacial score (nSPS) is 10.3. The molecule has 0 bridgehead atoms. The zero-order chi connectivity index (χ0) is 14.7. The van der Waals surface area contributed by atoms with Gasteiger partial charge in [0.2, 0.25) is 0 Å². The van der Waals surface area contributed by atoms with Gasteiger partial charge in [-0.25, -0.2) is 4.39 Å². The summed E-state index contributed by atoms with van der Waals surface area (Å²) in [7, 11) is 0. The van der Waals surface area contributed by atoms with Crippen LogP contribution in [0.5, 0.6) is 0 Å². The first-order valence-electron chi connectivity index (χ1n) is 5.58. The van der Waals surface area contributed by atoms with E-state index in [0.717, 1.165) is 0 Å². The molecule has 2 aromatic carbocycles. The summed E-state index contributed by atoms with van der Waals surface area (Å²) >= 11 is 11.5. The van der Waals surface area contributed by atoms with Crippen LogP contribution in [0.4, 0.5) is 15.8 Å². The van der Waals surface area contributed by atoms with Crippen molar-refractivity contribution in [3.8, 4) is 0 Å². The highest BCUT2D eigenvalue weighted by atomic mass is 35.5. The van der Waals surface area contributed by atoms with Crippen LogP contribution in [0.15, 0.2) is 36.4 Å². The SMILES string of the molecule is O=[N+]([O-])c1cc(Cl)ccc1CNc1cc(F)cc(Cl)c1. The predicted molar refractivity (Wildman–Crippen MR) is 76.8 cm³/mol. The van der Waals surface area contributed by atoms with Crippen molar-refractivity contribution < 1.29 is 9.31 Å². The molecule has 0 saturated heterocycles. The van der Waals surface area contributed by atoms with Gasteiger partial charge >= 0.3 is 0 Å². The molecule has 0 fully saturated rings. The van der Waals surface area contributed by atoms with Gasteiger partial charge in [0.1, 0.15) is 5.82 Å². The van der Waals surface area contributed by atoms with Crippen molar-refractivity contribution >= 4 is 34.6 Å². The number of nitro benzene ring substituents is 1. The number of halogens is 3. The summed E-state index contributed by atoms with van der Waals surface area (Å²) in [5.74, 6) is -0.481. The molecule has 0 radical (unpaired) electrons. The lowest BCUT2D eigenvalue weighted by Crippen LogP contribution is -2.03. The van der Waals surface area contributed by atoms with Crippen LogP contribution < -0.4 is 5.32 Å². The van der Waals surface area contributed by atoms with E-state index in [9.17, 15) is 14.5 Å². The van der Waals surface area contributed by atoms with Crippen molar-refractivity contribution in [1.29, 1.82) is 0 Å². The van der Waals surface area contributed by atoms with Gasteiger partial charge in [-0.1, -0.05) is 23.2 Å². The molecule has 0 aromatic heterocycles. The van der Waals surface area contributed by atoms with Gasteiger partial charge in [-0.05, 0) is 30.3 Å². The molecule has 7 heteroatoms. The van der Waals surface area contributed by atoms with Gasteiger partial charge in [0.15, 0.2) is 0 Å². The Morgan fingerprint density at radius 3 is 2.55 bits per heavy atom. The van der Waals surface area contributed by atoms with Crippen LogP contribution in [-0.4, -0.2) is 4.92 Å². The number of rotatable bonds is 4. The largest absolute Gasteiger partial charge is 0.381 e. The predicted octanol–water partition coefficient (Wildman–Crippen LogP) is 4.65. The Morgan fingerprint density at radius 2 is 1.90 bits per heavy atom. The molecule has 104 valence electrons. The summed E-state index contributed by atoms with van der Waals surface area (Å²) in [6.07, 6.45) is 0. The average Bonchev–Trinajstić information content (AvgIpc) is 2.36. The third-order valence-electron chi connectivity index (χ3n) is 2.59. The van der Waals surface area contributed by atoms with Gasteiger partial charge in [-0.2, -0.15) is 0 Å². The molecule has 2 aromatic rings. The Bertz CT molecular complexity index is 645. The smallest absolute Gasteiger partial charge is 0.275 e. The number of anilines is 1. The molecule has 0 saturated carbocycles. The van der Waals surface area contributed by atoms with Crippen LogP contribution in [0, 0.1) is 15.9 Å². The molecule has 1 N–H and O–H groups in total. The van der Waals surface area contributed by atoms with Crippen LogP contribution >= 0.6 is 23.2 Å². The number of nitrogens with zero attached hydrogens (tertiary/aromatic N) is 1. The molecule has 0 aliphatic rings. The number of nitrogens with one attached hydrogen (secondary N) is 1. The Labute approximate surface area is 124 Å². The fourth-order valence-electron chi connectivity index (χ4n) is 1.71. The molecule has 0 heterocycles.